The molecule has 9 heteroatoms. The number of carbonyl (C=O) groups is 2. The normalized spacial score (nSPS) is 14.6. The Balaban J connectivity index is 1.70. The summed E-state index contributed by atoms with van der Waals surface area (Å²) < 4.78 is 26.6. The Morgan fingerprint density at radius 3 is 2.34 bits per heavy atom. The summed E-state index contributed by atoms with van der Waals surface area (Å²) in [6.45, 7) is 0. The maximum atomic E-state index is 13.0. The third-order valence-electron chi connectivity index (χ3n) is 4.35. The van der Waals surface area contributed by atoms with Gasteiger partial charge in [0.15, 0.2) is 0 Å². The second kappa shape index (κ2) is 7.18. The Bertz CT molecular complexity index is 1260. The lowest BCUT2D eigenvalue weighted by molar-refractivity contribution is 0.100. The van der Waals surface area contributed by atoms with Gasteiger partial charge in [0.2, 0.25) is 0 Å². The minimum Gasteiger partial charge on any atom is -0.321 e. The quantitative estimate of drug-likeness (QED) is 0.637. The molecule has 6 nitrogen and oxygen atoms in total. The van der Waals surface area contributed by atoms with Crippen LogP contribution in [0.4, 0.5) is 11.4 Å². The molecule has 1 aliphatic heterocycles. The molecule has 0 aromatic heterocycles. The van der Waals surface area contributed by atoms with E-state index >= 15 is 0 Å². The van der Waals surface area contributed by atoms with Gasteiger partial charge in [-0.2, -0.15) is 4.31 Å². The molecule has 0 atom stereocenters. The second-order valence-corrected chi connectivity index (χ2v) is 8.80. The molecule has 0 aliphatic carbocycles. The molecule has 0 spiro atoms. The summed E-state index contributed by atoms with van der Waals surface area (Å²) in [4.78, 5) is 25.1. The van der Waals surface area contributed by atoms with Crippen LogP contribution in [0.5, 0.6) is 0 Å². The summed E-state index contributed by atoms with van der Waals surface area (Å²) in [6, 6.07) is 16.5. The highest BCUT2D eigenvalue weighted by Gasteiger charge is 2.42. The van der Waals surface area contributed by atoms with E-state index in [0.29, 0.717) is 10.7 Å². The Kier molecular flexibility index (Phi) is 4.82. The van der Waals surface area contributed by atoms with Crippen molar-refractivity contribution in [2.75, 3.05) is 9.62 Å². The number of sulfonamides is 1. The Hall–Kier alpha value is -2.87. The van der Waals surface area contributed by atoms with E-state index in [2.05, 4.69) is 5.32 Å². The molecule has 146 valence electrons. The van der Waals surface area contributed by atoms with Crippen LogP contribution in [0.25, 0.3) is 0 Å². The molecule has 0 saturated carbocycles. The van der Waals surface area contributed by atoms with E-state index in [9.17, 15) is 18.0 Å². The molecule has 0 bridgehead atoms. The average Bonchev–Trinajstić information content (AvgIpc) is 2.90. The van der Waals surface area contributed by atoms with E-state index in [0.717, 1.165) is 4.31 Å². The summed E-state index contributed by atoms with van der Waals surface area (Å²) in [6.07, 6.45) is 0. The van der Waals surface area contributed by atoms with Crippen LogP contribution in [0, 0.1) is 0 Å². The smallest absolute Gasteiger partial charge is 0.273 e. The number of fused-ring (bicyclic) bond motifs is 1. The van der Waals surface area contributed by atoms with Gasteiger partial charge in [0.1, 0.15) is 4.90 Å². The van der Waals surface area contributed by atoms with Crippen LogP contribution >= 0.6 is 23.2 Å². The van der Waals surface area contributed by atoms with Crippen molar-refractivity contribution >= 4 is 56.4 Å². The maximum absolute atomic E-state index is 13.0. The van der Waals surface area contributed by atoms with Crippen molar-refractivity contribution < 1.29 is 18.0 Å². The fourth-order valence-corrected chi connectivity index (χ4v) is 5.05. The average molecular weight is 447 g/mol. The van der Waals surface area contributed by atoms with Gasteiger partial charge in [0.25, 0.3) is 21.8 Å². The fourth-order valence-electron chi connectivity index (χ4n) is 2.98. The molecule has 0 fully saturated rings. The van der Waals surface area contributed by atoms with E-state index in [1.165, 1.54) is 42.5 Å². The molecule has 1 heterocycles. The summed E-state index contributed by atoms with van der Waals surface area (Å²) in [5, 5.41) is 3.26. The van der Waals surface area contributed by atoms with Crippen LogP contribution < -0.4 is 9.62 Å². The van der Waals surface area contributed by atoms with Crippen molar-refractivity contribution in [1.82, 2.24) is 0 Å². The summed E-state index contributed by atoms with van der Waals surface area (Å²) >= 11 is 11.9. The summed E-state index contributed by atoms with van der Waals surface area (Å²) in [5.41, 5.74) is 0.634. The Morgan fingerprint density at radius 2 is 1.66 bits per heavy atom. The first-order chi connectivity index (χ1) is 13.8. The zero-order valence-corrected chi connectivity index (χ0v) is 16.9. The van der Waals surface area contributed by atoms with Crippen LogP contribution in [0.15, 0.2) is 71.6 Å². The number of nitrogens with zero attached hydrogens (tertiary/aromatic N) is 1. The van der Waals surface area contributed by atoms with Crippen molar-refractivity contribution in [2.45, 2.75) is 4.90 Å². The van der Waals surface area contributed by atoms with Crippen molar-refractivity contribution in [3.63, 3.8) is 0 Å². The molecule has 4 rings (SSSR count). The number of halogens is 2. The Labute approximate surface area is 176 Å². The van der Waals surface area contributed by atoms with Gasteiger partial charge >= 0.3 is 0 Å². The molecule has 1 aliphatic rings. The highest BCUT2D eigenvalue weighted by atomic mass is 35.5. The first-order valence-electron chi connectivity index (χ1n) is 8.34. The molecular weight excluding hydrogens is 435 g/mol. The van der Waals surface area contributed by atoms with Gasteiger partial charge in [0, 0.05) is 10.6 Å². The number of carbonyl (C=O) groups excluding carboxylic acids is 2. The van der Waals surface area contributed by atoms with Gasteiger partial charge in [-0.05, 0) is 48.5 Å². The van der Waals surface area contributed by atoms with Gasteiger partial charge in [-0.25, -0.2) is 8.42 Å². The first kappa shape index (κ1) is 19.4. The topological polar surface area (TPSA) is 83.6 Å². The molecule has 2 amide bonds. The molecule has 29 heavy (non-hydrogen) atoms. The summed E-state index contributed by atoms with van der Waals surface area (Å²) in [5.74, 6) is -1.24. The monoisotopic (exact) mass is 446 g/mol. The van der Waals surface area contributed by atoms with Gasteiger partial charge in [-0.3, -0.25) is 9.59 Å². The lowest BCUT2D eigenvalue weighted by Crippen LogP contribution is -2.29. The second-order valence-electron chi connectivity index (χ2n) is 6.20. The minimum atomic E-state index is -4.13. The molecule has 1 N–H and O–H groups in total. The minimum absolute atomic E-state index is 0.00919. The molecule has 0 radical (unpaired) electrons. The van der Waals surface area contributed by atoms with E-state index in [4.69, 9.17) is 23.2 Å². The molecule has 0 saturated heterocycles. The molecule has 0 unspecified atom stereocenters. The Morgan fingerprint density at radius 1 is 0.931 bits per heavy atom. The number of benzene rings is 3. The van der Waals surface area contributed by atoms with Crippen LogP contribution in [-0.2, 0) is 10.0 Å². The van der Waals surface area contributed by atoms with Crippen molar-refractivity contribution in [1.29, 1.82) is 0 Å². The van der Waals surface area contributed by atoms with Gasteiger partial charge in [0.05, 0.1) is 22.0 Å². The van der Waals surface area contributed by atoms with Crippen molar-refractivity contribution in [3.8, 4) is 0 Å². The fraction of sp³-hybridized carbons (Fsp3) is 0. The largest absolute Gasteiger partial charge is 0.321 e. The first-order valence-corrected chi connectivity index (χ1v) is 10.5. The number of hydrogen-bond acceptors (Lipinski definition) is 4. The maximum Gasteiger partial charge on any atom is 0.273 e. The van der Waals surface area contributed by atoms with E-state index in [-0.39, 0.29) is 26.7 Å². The zero-order chi connectivity index (χ0) is 20.8. The van der Waals surface area contributed by atoms with E-state index in [1.54, 1.807) is 24.3 Å². The standard InChI is InChI=1S/C20H12Cl2N2O4S/c21-13-7-9-17(16(22)11-13)23-19(25)12-6-8-15-18(10-12)29(27,28)24(20(15)26)14-4-2-1-3-5-14/h1-11H,(H,23,25). The third kappa shape index (κ3) is 3.37. The van der Waals surface area contributed by atoms with Crippen molar-refractivity contribution in [3.05, 3.63) is 87.9 Å². The van der Waals surface area contributed by atoms with Crippen LogP contribution in [0.3, 0.4) is 0 Å². The predicted octanol–water partition coefficient (Wildman–Crippen LogP) is 4.59. The third-order valence-corrected chi connectivity index (χ3v) is 6.65. The van der Waals surface area contributed by atoms with Crippen LogP contribution in [0.1, 0.15) is 20.7 Å². The highest BCUT2D eigenvalue weighted by molar-refractivity contribution is 7.94. The number of anilines is 2. The van der Waals surface area contributed by atoms with Gasteiger partial charge in [-0.15, -0.1) is 0 Å². The number of rotatable bonds is 3. The van der Waals surface area contributed by atoms with Crippen molar-refractivity contribution in [2.24, 2.45) is 0 Å². The van der Waals surface area contributed by atoms with Gasteiger partial charge in [-0.1, -0.05) is 41.4 Å². The number of para-hydroxylation sites is 1. The van der Waals surface area contributed by atoms with Crippen LogP contribution in [0.2, 0.25) is 10.0 Å². The number of amides is 2. The number of nitrogens with one attached hydrogen (secondary N) is 1. The zero-order valence-electron chi connectivity index (χ0n) is 14.6. The molecule has 3 aromatic rings. The van der Waals surface area contributed by atoms with Crippen LogP contribution in [-0.4, -0.2) is 20.2 Å². The molecular formula is C20H12Cl2N2O4S. The SMILES string of the molecule is O=C(Nc1ccc(Cl)cc1Cl)c1ccc2c(c1)S(=O)(=O)N(c1ccccc1)C2=O. The molecule has 3 aromatic carbocycles. The highest BCUT2D eigenvalue weighted by Crippen LogP contribution is 2.35. The van der Waals surface area contributed by atoms with E-state index in [1.807, 2.05) is 0 Å². The summed E-state index contributed by atoms with van der Waals surface area (Å²) in [7, 11) is -4.13. The number of hydrogen-bond donors (Lipinski definition) is 1. The predicted molar refractivity (Wildman–Crippen MR) is 111 cm³/mol. The van der Waals surface area contributed by atoms with Gasteiger partial charge < -0.3 is 5.32 Å². The lowest BCUT2D eigenvalue weighted by atomic mass is 10.1. The van der Waals surface area contributed by atoms with E-state index < -0.39 is 21.8 Å². The lowest BCUT2D eigenvalue weighted by Gasteiger charge is -2.14.